The quantitative estimate of drug-likeness (QED) is 0.835. The van der Waals surface area contributed by atoms with E-state index in [0.29, 0.717) is 30.5 Å². The highest BCUT2D eigenvalue weighted by Crippen LogP contribution is 2.24. The van der Waals surface area contributed by atoms with E-state index in [1.165, 1.54) is 44.2 Å². The fraction of sp³-hybridized carbons (Fsp3) is 0.632. The zero-order chi connectivity index (χ0) is 16.9. The third-order valence-corrected chi connectivity index (χ3v) is 5.30. The number of carbonyl (C=O) groups excluding carboxylic acids is 1. The van der Waals surface area contributed by atoms with Crippen molar-refractivity contribution >= 4 is 5.91 Å². The van der Waals surface area contributed by atoms with E-state index >= 15 is 0 Å². The number of halogens is 2. The van der Waals surface area contributed by atoms with Gasteiger partial charge in [-0.2, -0.15) is 0 Å². The third-order valence-electron chi connectivity index (χ3n) is 5.30. The number of amides is 1. The van der Waals surface area contributed by atoms with Crippen molar-refractivity contribution in [1.82, 2.24) is 10.6 Å². The van der Waals surface area contributed by atoms with E-state index in [4.69, 9.17) is 0 Å². The molecule has 2 aliphatic rings. The van der Waals surface area contributed by atoms with Gasteiger partial charge in [-0.25, -0.2) is 8.78 Å². The Hall–Kier alpha value is -1.49. The summed E-state index contributed by atoms with van der Waals surface area (Å²) in [7, 11) is 0. The van der Waals surface area contributed by atoms with E-state index in [1.807, 2.05) is 0 Å². The summed E-state index contributed by atoms with van der Waals surface area (Å²) in [5.74, 6) is -1.72. The van der Waals surface area contributed by atoms with Crippen LogP contribution in [0.3, 0.4) is 0 Å². The lowest BCUT2D eigenvalue weighted by atomic mass is 9.84. The molecule has 3 nitrogen and oxygen atoms in total. The number of benzene rings is 1. The standard InChI is InChI=1S/C19H26F2N2O/c20-15-8-6-13(12-16(15)21)7-11-19(24)23-18-10-9-17(18)22-14-4-2-1-3-5-14/h6,8,12,14,17-18,22H,1-5,7,9-11H2,(H,23,24). The van der Waals surface area contributed by atoms with Crippen molar-refractivity contribution in [2.24, 2.45) is 0 Å². The molecular weight excluding hydrogens is 310 g/mol. The van der Waals surface area contributed by atoms with Crippen molar-refractivity contribution in [3.05, 3.63) is 35.4 Å². The number of hydrogen-bond acceptors (Lipinski definition) is 2. The number of nitrogens with one attached hydrogen (secondary N) is 2. The molecule has 2 unspecified atom stereocenters. The van der Waals surface area contributed by atoms with Crippen LogP contribution in [0.4, 0.5) is 8.78 Å². The first kappa shape index (κ1) is 17.3. The van der Waals surface area contributed by atoms with Gasteiger partial charge in [-0.1, -0.05) is 25.3 Å². The number of hydrogen-bond donors (Lipinski definition) is 2. The molecule has 1 aromatic carbocycles. The highest BCUT2D eigenvalue weighted by Gasteiger charge is 2.33. The first-order valence-corrected chi connectivity index (χ1v) is 9.11. The van der Waals surface area contributed by atoms with Crippen LogP contribution < -0.4 is 10.6 Å². The second-order valence-corrected chi connectivity index (χ2v) is 7.11. The molecule has 3 rings (SSSR count). The molecule has 0 saturated heterocycles. The molecule has 0 aromatic heterocycles. The summed E-state index contributed by atoms with van der Waals surface area (Å²) in [6, 6.07) is 5.01. The summed E-state index contributed by atoms with van der Waals surface area (Å²) in [5, 5.41) is 6.78. The van der Waals surface area contributed by atoms with Gasteiger partial charge < -0.3 is 10.6 Å². The SMILES string of the molecule is O=C(CCc1ccc(F)c(F)c1)NC1CCC1NC1CCCCC1. The molecule has 0 aliphatic heterocycles. The predicted molar refractivity (Wildman–Crippen MR) is 89.6 cm³/mol. The van der Waals surface area contributed by atoms with Crippen LogP contribution in [-0.2, 0) is 11.2 Å². The zero-order valence-corrected chi connectivity index (χ0v) is 14.0. The lowest BCUT2D eigenvalue weighted by molar-refractivity contribution is -0.122. The predicted octanol–water partition coefficient (Wildman–Crippen LogP) is 3.47. The van der Waals surface area contributed by atoms with Gasteiger partial charge in [-0.05, 0) is 49.8 Å². The molecule has 2 aliphatic carbocycles. The maximum absolute atomic E-state index is 13.2. The molecule has 2 atom stereocenters. The van der Waals surface area contributed by atoms with Gasteiger partial charge in [0.25, 0.3) is 0 Å². The highest BCUT2D eigenvalue weighted by molar-refractivity contribution is 5.76. The van der Waals surface area contributed by atoms with Crippen LogP contribution in [0, 0.1) is 11.6 Å². The van der Waals surface area contributed by atoms with Crippen molar-refractivity contribution in [3.8, 4) is 0 Å². The molecule has 1 amide bonds. The second-order valence-electron chi connectivity index (χ2n) is 7.11. The van der Waals surface area contributed by atoms with Crippen LogP contribution in [0.5, 0.6) is 0 Å². The lowest BCUT2D eigenvalue weighted by Gasteiger charge is -2.41. The summed E-state index contributed by atoms with van der Waals surface area (Å²) < 4.78 is 26.1. The van der Waals surface area contributed by atoms with Crippen molar-refractivity contribution in [1.29, 1.82) is 0 Å². The zero-order valence-electron chi connectivity index (χ0n) is 14.0. The molecule has 24 heavy (non-hydrogen) atoms. The summed E-state index contributed by atoms with van der Waals surface area (Å²) in [6.07, 6.45) is 9.29. The molecule has 0 heterocycles. The number of aryl methyl sites for hydroxylation is 1. The average Bonchev–Trinajstić information content (AvgIpc) is 2.58. The molecule has 1 aromatic rings. The number of carbonyl (C=O) groups is 1. The van der Waals surface area contributed by atoms with E-state index in [2.05, 4.69) is 10.6 Å². The third kappa shape index (κ3) is 4.53. The second kappa shape index (κ2) is 8.06. The van der Waals surface area contributed by atoms with Gasteiger partial charge in [-0.3, -0.25) is 4.79 Å². The summed E-state index contributed by atoms with van der Waals surface area (Å²) >= 11 is 0. The van der Waals surface area contributed by atoms with Crippen molar-refractivity contribution < 1.29 is 13.6 Å². The van der Waals surface area contributed by atoms with Crippen molar-refractivity contribution in [2.75, 3.05) is 0 Å². The molecule has 2 N–H and O–H groups in total. The molecule has 2 fully saturated rings. The van der Waals surface area contributed by atoms with E-state index in [9.17, 15) is 13.6 Å². The maximum atomic E-state index is 13.2. The van der Waals surface area contributed by atoms with E-state index in [1.54, 1.807) is 0 Å². The van der Waals surface area contributed by atoms with Crippen LogP contribution >= 0.6 is 0 Å². The topological polar surface area (TPSA) is 41.1 Å². The van der Waals surface area contributed by atoms with E-state index in [-0.39, 0.29) is 11.9 Å². The Balaban J connectivity index is 1.40. The molecule has 2 saturated carbocycles. The van der Waals surface area contributed by atoms with E-state index < -0.39 is 11.6 Å². The van der Waals surface area contributed by atoms with Crippen LogP contribution in [0.15, 0.2) is 18.2 Å². The average molecular weight is 336 g/mol. The Morgan fingerprint density at radius 1 is 1.00 bits per heavy atom. The van der Waals surface area contributed by atoms with E-state index in [0.717, 1.165) is 18.9 Å². The van der Waals surface area contributed by atoms with Gasteiger partial charge in [-0.15, -0.1) is 0 Å². The van der Waals surface area contributed by atoms with Crippen molar-refractivity contribution in [3.63, 3.8) is 0 Å². The fourth-order valence-electron chi connectivity index (χ4n) is 3.68. The summed E-state index contributed by atoms with van der Waals surface area (Å²) in [6.45, 7) is 0. The monoisotopic (exact) mass is 336 g/mol. The van der Waals surface area contributed by atoms with Gasteiger partial charge in [0.05, 0.1) is 0 Å². The summed E-state index contributed by atoms with van der Waals surface area (Å²) in [5.41, 5.74) is 0.648. The first-order chi connectivity index (χ1) is 11.6. The molecule has 5 heteroatoms. The van der Waals surface area contributed by atoms with Crippen LogP contribution in [0.25, 0.3) is 0 Å². The van der Waals surface area contributed by atoms with Gasteiger partial charge in [0.1, 0.15) is 0 Å². The summed E-state index contributed by atoms with van der Waals surface area (Å²) in [4.78, 5) is 12.1. The largest absolute Gasteiger partial charge is 0.352 e. The number of rotatable bonds is 6. The Morgan fingerprint density at radius 3 is 2.42 bits per heavy atom. The maximum Gasteiger partial charge on any atom is 0.220 e. The van der Waals surface area contributed by atoms with Crippen molar-refractivity contribution in [2.45, 2.75) is 75.9 Å². The minimum absolute atomic E-state index is 0.0140. The van der Waals surface area contributed by atoms with Crippen LogP contribution in [-0.4, -0.2) is 24.0 Å². The molecule has 0 radical (unpaired) electrons. The van der Waals surface area contributed by atoms with Gasteiger partial charge >= 0.3 is 0 Å². The van der Waals surface area contributed by atoms with Gasteiger partial charge in [0, 0.05) is 24.5 Å². The minimum atomic E-state index is -0.858. The Kier molecular flexibility index (Phi) is 5.82. The van der Waals surface area contributed by atoms with Crippen LogP contribution in [0.2, 0.25) is 0 Å². The molecule has 0 bridgehead atoms. The fourth-order valence-corrected chi connectivity index (χ4v) is 3.68. The molecular formula is C19H26F2N2O. The molecule has 0 spiro atoms. The smallest absolute Gasteiger partial charge is 0.220 e. The van der Waals surface area contributed by atoms with Gasteiger partial charge in [0.2, 0.25) is 5.91 Å². The van der Waals surface area contributed by atoms with Crippen LogP contribution in [0.1, 0.15) is 56.9 Å². The highest BCUT2D eigenvalue weighted by atomic mass is 19.2. The first-order valence-electron chi connectivity index (χ1n) is 9.11. The Labute approximate surface area is 142 Å². The molecule has 132 valence electrons. The van der Waals surface area contributed by atoms with Gasteiger partial charge in [0.15, 0.2) is 11.6 Å². The Bertz CT molecular complexity index is 572. The normalized spacial score (nSPS) is 24.4. The lowest BCUT2D eigenvalue weighted by Crippen LogP contribution is -2.59. The minimum Gasteiger partial charge on any atom is -0.352 e. The Morgan fingerprint density at radius 2 is 1.75 bits per heavy atom.